The summed E-state index contributed by atoms with van der Waals surface area (Å²) in [6.45, 7) is -16.7. The Morgan fingerprint density at radius 1 is 0.675 bits per heavy atom. The van der Waals surface area contributed by atoms with Crippen molar-refractivity contribution in [2.24, 2.45) is 0 Å². The van der Waals surface area contributed by atoms with Gasteiger partial charge in [0.25, 0.3) is 0 Å². The van der Waals surface area contributed by atoms with E-state index in [-0.39, 0.29) is 64.0 Å². The average Bonchev–Trinajstić information content (AvgIpc) is 4.29. The number of fused-ring (bicyclic) bond motifs is 5. The van der Waals surface area contributed by atoms with Crippen LogP contribution in [0.25, 0.3) is 33.5 Å². The summed E-state index contributed by atoms with van der Waals surface area (Å²) in [5, 5.41) is 21.1. The lowest BCUT2D eigenvalue weighted by Gasteiger charge is -2.39. The van der Waals surface area contributed by atoms with Crippen molar-refractivity contribution in [2.45, 2.75) is 79.5 Å². The number of anilines is 3. The molecule has 4 aliphatic rings. The summed E-state index contributed by atoms with van der Waals surface area (Å²) in [6, 6.07) is 0. The summed E-state index contributed by atoms with van der Waals surface area (Å²) in [5.74, 6) is 0.0565. The maximum atomic E-state index is 12.6. The third-order valence-electron chi connectivity index (χ3n) is 12.5. The molecule has 77 heavy (non-hydrogen) atoms. The third kappa shape index (κ3) is 11.6. The molecule has 35 nitrogen and oxygen atoms in total. The molecule has 4 aliphatic heterocycles. The van der Waals surface area contributed by atoms with Gasteiger partial charge >= 0.3 is 28.0 Å². The lowest BCUT2D eigenvalue weighted by atomic mass is 9.90. The third-order valence-corrected chi connectivity index (χ3v) is 17.4. The van der Waals surface area contributed by atoms with Crippen LogP contribution >= 0.6 is 28.0 Å². The second-order valence-corrected chi connectivity index (χ2v) is 26.9. The minimum absolute atomic E-state index is 0.00842. The molecule has 0 spiro atoms. The Labute approximate surface area is 447 Å². The maximum Gasteiger partial charge on any atom is 0.472 e. The quantitative estimate of drug-likeness (QED) is 0.0344. The van der Waals surface area contributed by atoms with Crippen LogP contribution in [0.15, 0.2) is 38.0 Å². The zero-order valence-corrected chi connectivity index (χ0v) is 45.3. The molecule has 4 saturated heterocycles. The summed E-state index contributed by atoms with van der Waals surface area (Å²) in [6.07, 6.45) is -7.92. The summed E-state index contributed by atoms with van der Waals surface area (Å²) in [4.78, 5) is 92.2. The van der Waals surface area contributed by atoms with Crippen molar-refractivity contribution in [3.63, 3.8) is 0 Å². The lowest BCUT2D eigenvalue weighted by Crippen LogP contribution is -2.52. The normalized spacial score (nSPS) is 31.0. The molecule has 10 rings (SSSR count). The van der Waals surface area contributed by atoms with Gasteiger partial charge in [-0.1, -0.05) is 0 Å². The highest BCUT2D eigenvalue weighted by molar-refractivity contribution is 8.07. The monoisotopic (exact) mass is 1220 g/mol. The molecule has 0 saturated carbocycles. The molecule has 13 N–H and O–H groups in total. The molecular formula is C35H47N15O20P4S3. The van der Waals surface area contributed by atoms with Crippen molar-refractivity contribution in [3.8, 4) is 0 Å². The van der Waals surface area contributed by atoms with Gasteiger partial charge in [-0.05, 0) is 35.4 Å². The summed E-state index contributed by atoms with van der Waals surface area (Å²) < 4.78 is 87.0. The number of aliphatic hydroxyl groups is 2. The standard InChI is InChI=1S/C35H47N15O20P4S3/c1-59-21-16(7-62-71(53,54)61-5-3-51)66-33(49-13-46-18-27(37)40-10-43-30(18)49)23(21)69-73(57,76)63-6-15-20(52)22(32(65-15)48-12-45-17-26(36)39-9-42-29(17)48)68-74(58,77)64-8-35-2-4-60-24(25(35)70-72(55,56)75)34(67-35)50-14-47-19-28(38)41-11-44-31(19)50/h9-16,20-25,32-34,51-52H,2-8H2,1H3,(H,53,54)(H,57,76)(H,58,77)(H2,36,39,42)(H2,37,40,43)(H2,38,41,44)(H2,55,56,75)/t15-,16-,20?,21?,22+,23+,24+,25?,32-,33-,34-,35-,73?,74?/m1/s1. The number of rotatable bonds is 22. The van der Waals surface area contributed by atoms with Crippen molar-refractivity contribution in [1.29, 1.82) is 0 Å². The molecule has 6 aromatic rings. The van der Waals surface area contributed by atoms with E-state index in [9.17, 15) is 34.1 Å². The molecule has 4 fully saturated rings. The molecular weight excluding hydrogens is 1170 g/mol. The Morgan fingerprint density at radius 2 is 1.18 bits per heavy atom. The summed E-state index contributed by atoms with van der Waals surface area (Å²) >= 11 is 15.9. The summed E-state index contributed by atoms with van der Waals surface area (Å²) in [5.41, 5.74) is 17.5. The topological polar surface area (TPSA) is 478 Å². The molecule has 10 heterocycles. The number of phosphoric ester groups is 1. The molecule has 0 radical (unpaired) electrons. The number of aromatic nitrogens is 12. The molecule has 6 unspecified atom stereocenters. The van der Waals surface area contributed by atoms with Gasteiger partial charge in [0, 0.05) is 13.5 Å². The van der Waals surface area contributed by atoms with E-state index in [1.54, 1.807) is 0 Å². The van der Waals surface area contributed by atoms with Gasteiger partial charge < -0.3 is 84.6 Å². The van der Waals surface area contributed by atoms with Gasteiger partial charge in [0.15, 0.2) is 53.1 Å². The molecule has 6 aromatic heterocycles. The lowest BCUT2D eigenvalue weighted by molar-refractivity contribution is -0.135. The molecule has 0 aromatic carbocycles. The van der Waals surface area contributed by atoms with E-state index in [4.69, 9.17) is 113 Å². The highest BCUT2D eigenvalue weighted by Gasteiger charge is 2.62. The Hall–Kier alpha value is -3.53. The van der Waals surface area contributed by atoms with Crippen molar-refractivity contribution in [2.75, 3.05) is 64.0 Å². The van der Waals surface area contributed by atoms with Crippen molar-refractivity contribution >= 4 is 114 Å². The van der Waals surface area contributed by atoms with Gasteiger partial charge in [0.2, 0.25) is 0 Å². The Kier molecular flexibility index (Phi) is 16.3. The van der Waals surface area contributed by atoms with Crippen LogP contribution in [0.1, 0.15) is 25.1 Å². The van der Waals surface area contributed by atoms with E-state index in [2.05, 4.69) is 44.9 Å². The molecule has 42 heteroatoms. The van der Waals surface area contributed by atoms with Gasteiger partial charge in [-0.25, -0.2) is 49.4 Å². The zero-order valence-electron chi connectivity index (χ0n) is 39.3. The second kappa shape index (κ2) is 22.1. The number of phosphoric acid groups is 1. The first-order valence-corrected chi connectivity index (χ1v) is 31.7. The minimum atomic E-state index is -4.73. The van der Waals surface area contributed by atoms with Crippen molar-refractivity contribution in [3.05, 3.63) is 38.0 Å². The van der Waals surface area contributed by atoms with E-state index in [1.807, 2.05) is 0 Å². The minimum Gasteiger partial charge on any atom is -0.394 e. The van der Waals surface area contributed by atoms with Crippen molar-refractivity contribution < 1.29 is 94.6 Å². The molecule has 420 valence electrons. The van der Waals surface area contributed by atoms with Gasteiger partial charge in [0.1, 0.15) is 90.0 Å². The number of ether oxygens (including phenoxy) is 5. The van der Waals surface area contributed by atoms with Crippen LogP contribution in [-0.2, 0) is 95.3 Å². The number of nitrogens with two attached hydrogens (primary N) is 3. The van der Waals surface area contributed by atoms with E-state index in [1.165, 1.54) is 46.1 Å². The first-order valence-electron chi connectivity index (χ1n) is 22.4. The zero-order chi connectivity index (χ0) is 54.8. The fourth-order valence-electron chi connectivity index (χ4n) is 9.18. The Balaban J connectivity index is 0.894. The predicted molar refractivity (Wildman–Crippen MR) is 268 cm³/mol. The SMILES string of the molecule is COC1[C@@H](COP(=O)(O)OCCO)O[C@@H](n2cnc3c(N)ncnc32)[C@H]1OP(O)(=S)OC[C@H]1O[C@@H](n2cnc3c(N)ncnc32)[C@@H](OP(O)(=S)OC[C@]23CCO[C@@H](C2OP(O)(O)=S)[C@H](n2cnc4c(N)ncnc42)O3)C1O. The van der Waals surface area contributed by atoms with Crippen LogP contribution in [0, 0.1) is 0 Å². The molecule has 15 atom stereocenters. The molecule has 2 bridgehead atoms. The van der Waals surface area contributed by atoms with Crippen LogP contribution < -0.4 is 17.2 Å². The van der Waals surface area contributed by atoms with Gasteiger partial charge in [0.05, 0.1) is 58.6 Å². The largest absolute Gasteiger partial charge is 0.472 e. The number of hydrogen-bond acceptors (Lipinski definition) is 30. The Morgan fingerprint density at radius 3 is 1.73 bits per heavy atom. The maximum absolute atomic E-state index is 12.6. The van der Waals surface area contributed by atoms with Crippen LogP contribution in [-0.4, -0.2) is 194 Å². The number of nitrogen functional groups attached to an aromatic ring is 3. The fraction of sp³-hybridized carbons (Fsp3) is 0.571. The highest BCUT2D eigenvalue weighted by Crippen LogP contribution is 2.57. The van der Waals surface area contributed by atoms with E-state index in [0.29, 0.717) is 0 Å². The number of methoxy groups -OCH3 is 1. The van der Waals surface area contributed by atoms with Crippen LogP contribution in [0.4, 0.5) is 17.5 Å². The molecule has 0 amide bonds. The number of nitrogens with zero attached hydrogens (tertiary/aromatic N) is 12. The van der Waals surface area contributed by atoms with Gasteiger partial charge in [-0.2, -0.15) is 0 Å². The van der Waals surface area contributed by atoms with E-state index >= 15 is 0 Å². The van der Waals surface area contributed by atoms with Crippen molar-refractivity contribution in [1.82, 2.24) is 58.6 Å². The number of hydrogen-bond donors (Lipinski definition) is 10. The Bertz CT molecular complexity index is 3350. The second-order valence-electron chi connectivity index (χ2n) is 17.2. The number of aliphatic hydroxyl groups excluding tert-OH is 2. The van der Waals surface area contributed by atoms with Gasteiger partial charge in [-0.3, -0.25) is 36.3 Å². The average molecular weight is 1220 g/mol. The predicted octanol–water partition coefficient (Wildman–Crippen LogP) is -1.56. The van der Waals surface area contributed by atoms with Crippen LogP contribution in [0.3, 0.4) is 0 Å². The van der Waals surface area contributed by atoms with E-state index in [0.717, 1.165) is 12.7 Å². The number of imidazole rings is 3. The fourth-order valence-corrected chi connectivity index (χ4v) is 13.6. The first kappa shape index (κ1) is 56.7. The van der Waals surface area contributed by atoms with Crippen LogP contribution in [0.5, 0.6) is 0 Å². The van der Waals surface area contributed by atoms with E-state index < -0.39 is 134 Å². The first-order chi connectivity index (χ1) is 36.5. The van der Waals surface area contributed by atoms with Gasteiger partial charge in [-0.15, -0.1) is 0 Å². The highest BCUT2D eigenvalue weighted by atomic mass is 32.5. The van der Waals surface area contributed by atoms with Crippen LogP contribution in [0.2, 0.25) is 0 Å². The smallest absolute Gasteiger partial charge is 0.394 e. The summed E-state index contributed by atoms with van der Waals surface area (Å²) in [7, 11) is -3.48. The molecule has 0 aliphatic carbocycles.